The van der Waals surface area contributed by atoms with Crippen molar-refractivity contribution >= 4 is 39.8 Å². The minimum absolute atomic E-state index is 0.964. The first kappa shape index (κ1) is 18.1. The zero-order valence-electron chi connectivity index (χ0n) is 16.4. The number of hydrogen-bond donors (Lipinski definition) is 0. The van der Waals surface area contributed by atoms with E-state index in [1.807, 2.05) is 6.07 Å². The fourth-order valence-electron chi connectivity index (χ4n) is 3.95. The van der Waals surface area contributed by atoms with Crippen molar-refractivity contribution in [3.05, 3.63) is 102 Å². The van der Waals surface area contributed by atoms with Crippen LogP contribution in [0.25, 0.3) is 11.1 Å². The number of aryl methyl sites for hydroxylation is 2. The molecule has 0 amide bonds. The van der Waals surface area contributed by atoms with Crippen LogP contribution in [0.4, 0.5) is 17.1 Å². The molecular weight excluding hydrogens is 421 g/mol. The second-order valence-electron chi connectivity index (χ2n) is 7.43. The van der Waals surface area contributed by atoms with Crippen LogP contribution >= 0.6 is 0 Å². The van der Waals surface area contributed by atoms with Gasteiger partial charge in [-0.1, -0.05) is 0 Å². The van der Waals surface area contributed by atoms with Gasteiger partial charge in [0.1, 0.15) is 0 Å². The monoisotopic (exact) mass is 443 g/mol. The molecule has 0 saturated carbocycles. The van der Waals surface area contributed by atoms with Crippen molar-refractivity contribution in [3.63, 3.8) is 0 Å². The van der Waals surface area contributed by atoms with Crippen molar-refractivity contribution in [2.24, 2.45) is 0 Å². The molecule has 4 aromatic rings. The molecule has 0 aromatic heterocycles. The molecule has 0 saturated heterocycles. The van der Waals surface area contributed by atoms with Crippen molar-refractivity contribution < 1.29 is 3.83 Å². The number of nitrogens with zero attached hydrogens (tertiary/aromatic N) is 1. The maximum absolute atomic E-state index is 13.5. The van der Waals surface area contributed by atoms with Crippen LogP contribution in [-0.2, 0) is 3.83 Å². The van der Waals surface area contributed by atoms with Gasteiger partial charge in [-0.2, -0.15) is 0 Å². The Morgan fingerprint density at radius 2 is 1.17 bits per heavy atom. The Morgan fingerprint density at radius 3 is 1.79 bits per heavy atom. The first-order chi connectivity index (χ1) is 14.1. The number of benzene rings is 4. The summed E-state index contributed by atoms with van der Waals surface area (Å²) in [4.78, 5) is 2.28. The van der Waals surface area contributed by atoms with Crippen molar-refractivity contribution in [1.29, 1.82) is 0 Å². The van der Waals surface area contributed by atoms with Gasteiger partial charge in [0.2, 0.25) is 0 Å². The average Bonchev–Trinajstić information content (AvgIpc) is 2.75. The average molecular weight is 442 g/mol. The third-order valence-corrected chi connectivity index (χ3v) is 8.39. The van der Waals surface area contributed by atoms with Gasteiger partial charge < -0.3 is 0 Å². The van der Waals surface area contributed by atoms with Gasteiger partial charge in [-0.05, 0) is 0 Å². The third-order valence-electron chi connectivity index (χ3n) is 5.34. The molecule has 0 aliphatic carbocycles. The Hall–Kier alpha value is -3.00. The van der Waals surface area contributed by atoms with E-state index in [1.54, 1.807) is 0 Å². The minimum atomic E-state index is -2.33. The number of hydrogen-bond acceptors (Lipinski definition) is 2. The van der Waals surface area contributed by atoms with Gasteiger partial charge in [0.05, 0.1) is 0 Å². The summed E-state index contributed by atoms with van der Waals surface area (Å²) in [5.41, 5.74) is 7.76. The Morgan fingerprint density at radius 1 is 0.621 bits per heavy atom. The second-order valence-corrected chi connectivity index (χ2v) is 10.4. The number of fused-ring (bicyclic) bond motifs is 2. The van der Waals surface area contributed by atoms with E-state index in [-0.39, 0.29) is 0 Å². The van der Waals surface area contributed by atoms with Crippen molar-refractivity contribution in [3.8, 4) is 11.1 Å². The van der Waals surface area contributed by atoms with E-state index in [2.05, 4.69) is 104 Å². The van der Waals surface area contributed by atoms with Gasteiger partial charge in [-0.25, -0.2) is 0 Å². The SMILES string of the molecule is Cc1ccc2c(c1)[Se](=O)c1cc(C)ccc1N2c1ccccc1-c1ccccc1. The van der Waals surface area contributed by atoms with Crippen molar-refractivity contribution in [2.45, 2.75) is 13.8 Å². The first-order valence-corrected chi connectivity index (χ1v) is 12.1. The maximum atomic E-state index is 13.5. The number of rotatable bonds is 2. The van der Waals surface area contributed by atoms with E-state index in [9.17, 15) is 3.83 Å². The molecular formula is C26H21NOSe. The molecule has 1 aliphatic rings. The van der Waals surface area contributed by atoms with Crippen molar-refractivity contribution in [1.82, 2.24) is 0 Å². The number of para-hydroxylation sites is 1. The van der Waals surface area contributed by atoms with E-state index in [1.165, 1.54) is 5.56 Å². The van der Waals surface area contributed by atoms with E-state index >= 15 is 0 Å². The summed E-state index contributed by atoms with van der Waals surface area (Å²) in [5.74, 6) is 0. The van der Waals surface area contributed by atoms with Crippen LogP contribution in [0.1, 0.15) is 11.1 Å². The van der Waals surface area contributed by atoms with Crippen LogP contribution in [0.5, 0.6) is 0 Å². The molecule has 0 fully saturated rings. The van der Waals surface area contributed by atoms with Gasteiger partial charge in [0, 0.05) is 0 Å². The topological polar surface area (TPSA) is 20.3 Å². The van der Waals surface area contributed by atoms with Gasteiger partial charge in [0.15, 0.2) is 0 Å². The van der Waals surface area contributed by atoms with Crippen molar-refractivity contribution in [2.75, 3.05) is 4.90 Å². The molecule has 0 radical (unpaired) electrons. The Balaban J connectivity index is 1.82. The molecule has 0 spiro atoms. The summed E-state index contributed by atoms with van der Waals surface area (Å²) in [6.45, 7) is 4.13. The molecule has 1 heterocycles. The predicted molar refractivity (Wildman–Crippen MR) is 122 cm³/mol. The molecule has 2 nitrogen and oxygen atoms in total. The molecule has 3 heteroatoms. The predicted octanol–water partition coefficient (Wildman–Crippen LogP) is 5.29. The van der Waals surface area contributed by atoms with E-state index < -0.39 is 13.8 Å². The van der Waals surface area contributed by atoms with Crippen LogP contribution in [0.3, 0.4) is 0 Å². The van der Waals surface area contributed by atoms with Crippen LogP contribution in [0.15, 0.2) is 91.0 Å². The summed E-state index contributed by atoms with van der Waals surface area (Å²) in [7, 11) is 0. The summed E-state index contributed by atoms with van der Waals surface area (Å²) in [6.07, 6.45) is 0. The van der Waals surface area contributed by atoms with E-state index in [0.29, 0.717) is 0 Å². The molecule has 0 unspecified atom stereocenters. The quantitative estimate of drug-likeness (QED) is 0.346. The van der Waals surface area contributed by atoms with E-state index in [4.69, 9.17) is 0 Å². The zero-order valence-corrected chi connectivity index (χ0v) is 18.1. The fraction of sp³-hybridized carbons (Fsp3) is 0.0769. The molecule has 5 rings (SSSR count). The number of anilines is 3. The van der Waals surface area contributed by atoms with Gasteiger partial charge in [-0.15, -0.1) is 0 Å². The zero-order chi connectivity index (χ0) is 20.0. The summed E-state index contributed by atoms with van der Waals surface area (Å²) >= 11 is -2.33. The second kappa shape index (κ2) is 7.11. The molecule has 29 heavy (non-hydrogen) atoms. The molecule has 4 aromatic carbocycles. The fourth-order valence-corrected chi connectivity index (χ4v) is 7.14. The van der Waals surface area contributed by atoms with Gasteiger partial charge in [-0.3, -0.25) is 0 Å². The Labute approximate surface area is 175 Å². The van der Waals surface area contributed by atoms with E-state index in [0.717, 1.165) is 42.7 Å². The molecule has 1 aliphatic heterocycles. The normalized spacial score (nSPS) is 13.1. The summed E-state index contributed by atoms with van der Waals surface area (Å²) in [5, 5.41) is 0. The van der Waals surface area contributed by atoms with Gasteiger partial charge in [0.25, 0.3) is 0 Å². The molecule has 142 valence electrons. The van der Waals surface area contributed by atoms with Crippen LogP contribution < -0.4 is 13.8 Å². The van der Waals surface area contributed by atoms with Crippen LogP contribution in [0.2, 0.25) is 0 Å². The van der Waals surface area contributed by atoms with Crippen LogP contribution in [0, 0.1) is 13.8 Å². The Kier molecular flexibility index (Phi) is 4.43. The summed E-state index contributed by atoms with van der Waals surface area (Å²) in [6, 6.07) is 31.5. The van der Waals surface area contributed by atoms with Crippen LogP contribution in [-0.4, -0.2) is 13.8 Å². The molecule has 0 bridgehead atoms. The Bertz CT molecular complexity index is 1190. The third kappa shape index (κ3) is 3.04. The molecule has 0 atom stereocenters. The standard InChI is InChI=1S/C26H21NOSe/c1-18-12-14-23-25(16-18)29(28)26-17-19(2)13-15-24(26)27(23)22-11-7-6-10-21(22)20-8-4-3-5-9-20/h3-17H,1-2H3. The van der Waals surface area contributed by atoms with Gasteiger partial charge >= 0.3 is 176 Å². The summed E-state index contributed by atoms with van der Waals surface area (Å²) < 4.78 is 15.5. The first-order valence-electron chi connectivity index (χ1n) is 9.71. The molecule has 0 N–H and O–H groups in total.